The first-order valence-electron chi connectivity index (χ1n) is 7.71. The number of rotatable bonds is 6. The van der Waals surface area contributed by atoms with E-state index < -0.39 is 10.8 Å². The van der Waals surface area contributed by atoms with E-state index in [0.29, 0.717) is 5.75 Å². The number of hydrogen-bond acceptors (Lipinski definition) is 2. The lowest BCUT2D eigenvalue weighted by Gasteiger charge is -2.10. The van der Waals surface area contributed by atoms with Gasteiger partial charge in [0.05, 0.1) is 17.7 Å². The standard InChI is InChI=1S/C19H20N2OS/c1-23(22)14-8-13-21-15-20-18(16-9-4-2-5-10-16)19(21)17-11-6-3-7-12-17/h2-7,9-12,15H,8,13-14H2,1H3. The number of nitrogens with zero attached hydrogens (tertiary/aromatic N) is 2. The lowest BCUT2D eigenvalue weighted by atomic mass is 10.0. The van der Waals surface area contributed by atoms with E-state index >= 15 is 0 Å². The zero-order chi connectivity index (χ0) is 16.1. The second-order valence-corrected chi connectivity index (χ2v) is 7.05. The minimum absolute atomic E-state index is 0.715. The van der Waals surface area contributed by atoms with E-state index in [1.165, 1.54) is 0 Å². The second-order valence-electron chi connectivity index (χ2n) is 5.50. The molecule has 0 amide bonds. The van der Waals surface area contributed by atoms with Gasteiger partial charge in [-0.1, -0.05) is 60.7 Å². The van der Waals surface area contributed by atoms with E-state index in [4.69, 9.17) is 0 Å². The molecule has 1 atom stereocenters. The molecule has 1 aromatic heterocycles. The molecule has 1 heterocycles. The summed E-state index contributed by atoms with van der Waals surface area (Å²) < 4.78 is 13.5. The van der Waals surface area contributed by atoms with E-state index in [1.54, 1.807) is 6.26 Å². The first-order chi connectivity index (χ1) is 11.3. The fraction of sp³-hybridized carbons (Fsp3) is 0.211. The van der Waals surface area contributed by atoms with Crippen molar-refractivity contribution < 1.29 is 4.21 Å². The van der Waals surface area contributed by atoms with Gasteiger partial charge in [-0.15, -0.1) is 0 Å². The Balaban J connectivity index is 2.00. The number of aromatic nitrogens is 2. The highest BCUT2D eigenvalue weighted by molar-refractivity contribution is 7.84. The fourth-order valence-electron chi connectivity index (χ4n) is 2.70. The largest absolute Gasteiger partial charge is 0.330 e. The molecule has 3 rings (SSSR count). The molecule has 118 valence electrons. The van der Waals surface area contributed by atoms with Crippen LogP contribution < -0.4 is 0 Å². The Morgan fingerprint density at radius 2 is 1.57 bits per heavy atom. The maximum Gasteiger partial charge on any atom is 0.0963 e. The summed E-state index contributed by atoms with van der Waals surface area (Å²) in [7, 11) is -0.753. The predicted octanol–water partition coefficient (Wildman–Crippen LogP) is 3.99. The van der Waals surface area contributed by atoms with E-state index in [-0.39, 0.29) is 0 Å². The van der Waals surface area contributed by atoms with Crippen molar-refractivity contribution in [3.05, 3.63) is 67.0 Å². The Labute approximate surface area is 139 Å². The number of hydrogen-bond donors (Lipinski definition) is 0. The van der Waals surface area contributed by atoms with Crippen LogP contribution >= 0.6 is 0 Å². The average molecular weight is 324 g/mol. The monoisotopic (exact) mass is 324 g/mol. The van der Waals surface area contributed by atoms with Crippen molar-refractivity contribution in [2.24, 2.45) is 0 Å². The van der Waals surface area contributed by atoms with Crippen LogP contribution in [-0.2, 0) is 17.3 Å². The summed E-state index contributed by atoms with van der Waals surface area (Å²) in [5.74, 6) is 0.715. The van der Waals surface area contributed by atoms with Gasteiger partial charge in [0.15, 0.2) is 0 Å². The van der Waals surface area contributed by atoms with Crippen LogP contribution in [0.1, 0.15) is 6.42 Å². The van der Waals surface area contributed by atoms with Crippen molar-refractivity contribution in [3.8, 4) is 22.5 Å². The van der Waals surface area contributed by atoms with E-state index in [0.717, 1.165) is 35.5 Å². The van der Waals surface area contributed by atoms with Crippen LogP contribution in [0.2, 0.25) is 0 Å². The molecule has 0 N–H and O–H groups in total. The second kappa shape index (κ2) is 7.38. The third-order valence-corrected chi connectivity index (χ3v) is 4.63. The molecule has 0 saturated heterocycles. The zero-order valence-electron chi connectivity index (χ0n) is 13.2. The Kier molecular flexibility index (Phi) is 5.03. The van der Waals surface area contributed by atoms with Crippen LogP contribution in [0.25, 0.3) is 22.5 Å². The molecule has 0 bridgehead atoms. The van der Waals surface area contributed by atoms with Gasteiger partial charge < -0.3 is 4.57 Å². The molecule has 2 aromatic carbocycles. The molecule has 3 nitrogen and oxygen atoms in total. The van der Waals surface area contributed by atoms with Crippen molar-refractivity contribution in [2.75, 3.05) is 12.0 Å². The van der Waals surface area contributed by atoms with E-state index in [9.17, 15) is 4.21 Å². The Morgan fingerprint density at radius 1 is 0.957 bits per heavy atom. The maximum absolute atomic E-state index is 11.3. The van der Waals surface area contributed by atoms with Crippen molar-refractivity contribution in [1.82, 2.24) is 9.55 Å². The highest BCUT2D eigenvalue weighted by atomic mass is 32.2. The normalized spacial score (nSPS) is 12.2. The first kappa shape index (κ1) is 15.7. The van der Waals surface area contributed by atoms with Crippen LogP contribution in [-0.4, -0.2) is 25.8 Å². The number of imidazole rings is 1. The van der Waals surface area contributed by atoms with Crippen molar-refractivity contribution in [3.63, 3.8) is 0 Å². The molecule has 1 unspecified atom stereocenters. The molecule has 0 aliphatic heterocycles. The topological polar surface area (TPSA) is 34.9 Å². The molecular weight excluding hydrogens is 304 g/mol. The molecule has 23 heavy (non-hydrogen) atoms. The summed E-state index contributed by atoms with van der Waals surface area (Å²) in [5.41, 5.74) is 4.39. The van der Waals surface area contributed by atoms with Crippen LogP contribution in [0.4, 0.5) is 0 Å². The number of aryl methyl sites for hydroxylation is 1. The smallest absolute Gasteiger partial charge is 0.0963 e. The summed E-state index contributed by atoms with van der Waals surface area (Å²) in [6.07, 6.45) is 4.53. The minimum Gasteiger partial charge on any atom is -0.330 e. The van der Waals surface area contributed by atoms with E-state index in [2.05, 4.69) is 33.8 Å². The summed E-state index contributed by atoms with van der Waals surface area (Å²) in [6.45, 7) is 0.823. The molecule has 0 saturated carbocycles. The molecule has 4 heteroatoms. The third-order valence-electron chi connectivity index (χ3n) is 3.76. The van der Waals surface area contributed by atoms with Gasteiger partial charge in [0.1, 0.15) is 0 Å². The van der Waals surface area contributed by atoms with Gasteiger partial charge in [0.25, 0.3) is 0 Å². The highest BCUT2D eigenvalue weighted by Crippen LogP contribution is 2.31. The Bertz CT molecular complexity index is 782. The summed E-state index contributed by atoms with van der Waals surface area (Å²) >= 11 is 0. The van der Waals surface area contributed by atoms with Gasteiger partial charge in [-0.3, -0.25) is 4.21 Å². The summed E-state index contributed by atoms with van der Waals surface area (Å²) in [5, 5.41) is 0. The zero-order valence-corrected chi connectivity index (χ0v) is 14.0. The lowest BCUT2D eigenvalue weighted by molar-refractivity contribution is 0.663. The van der Waals surface area contributed by atoms with Crippen molar-refractivity contribution >= 4 is 10.8 Å². The lowest BCUT2D eigenvalue weighted by Crippen LogP contribution is -2.04. The molecule has 0 spiro atoms. The molecule has 0 fully saturated rings. The first-order valence-corrected chi connectivity index (χ1v) is 9.44. The van der Waals surface area contributed by atoms with Gasteiger partial charge >= 0.3 is 0 Å². The average Bonchev–Trinajstić information content (AvgIpc) is 3.00. The van der Waals surface area contributed by atoms with Crippen LogP contribution in [0.15, 0.2) is 67.0 Å². The molecule has 3 aromatic rings. The fourth-order valence-corrected chi connectivity index (χ4v) is 3.23. The molecule has 0 aliphatic rings. The van der Waals surface area contributed by atoms with Crippen molar-refractivity contribution in [2.45, 2.75) is 13.0 Å². The SMILES string of the molecule is CS(=O)CCCn1cnc(-c2ccccc2)c1-c1ccccc1. The predicted molar refractivity (Wildman–Crippen MR) is 96.6 cm³/mol. The van der Waals surface area contributed by atoms with Crippen LogP contribution in [0.3, 0.4) is 0 Å². The Hall–Kier alpha value is -2.20. The van der Waals surface area contributed by atoms with E-state index in [1.807, 2.05) is 42.7 Å². The minimum atomic E-state index is -0.753. The molecule has 0 aliphatic carbocycles. The van der Waals surface area contributed by atoms with Gasteiger partial charge in [0, 0.05) is 40.5 Å². The van der Waals surface area contributed by atoms with Crippen molar-refractivity contribution in [1.29, 1.82) is 0 Å². The van der Waals surface area contributed by atoms with Gasteiger partial charge in [-0.2, -0.15) is 0 Å². The number of benzene rings is 2. The van der Waals surface area contributed by atoms with Crippen LogP contribution in [0, 0.1) is 0 Å². The Morgan fingerprint density at radius 3 is 2.17 bits per heavy atom. The van der Waals surface area contributed by atoms with Gasteiger partial charge in [-0.05, 0) is 6.42 Å². The summed E-state index contributed by atoms with van der Waals surface area (Å²) in [4.78, 5) is 4.65. The van der Waals surface area contributed by atoms with Gasteiger partial charge in [0.2, 0.25) is 0 Å². The molecular formula is C19H20N2OS. The third kappa shape index (κ3) is 3.77. The maximum atomic E-state index is 11.3. The summed E-state index contributed by atoms with van der Waals surface area (Å²) in [6, 6.07) is 20.6. The highest BCUT2D eigenvalue weighted by Gasteiger charge is 2.14. The quantitative estimate of drug-likeness (QED) is 0.687. The van der Waals surface area contributed by atoms with Gasteiger partial charge in [-0.25, -0.2) is 4.98 Å². The molecule has 0 radical (unpaired) electrons. The van der Waals surface area contributed by atoms with Crippen LogP contribution in [0.5, 0.6) is 0 Å².